The molecule has 0 aromatic heterocycles. The molecule has 1 unspecified atom stereocenters. The molecule has 0 bridgehead atoms. The van der Waals surface area contributed by atoms with Gasteiger partial charge in [-0.2, -0.15) is 31.6 Å². The smallest absolute Gasteiger partial charge is 0.376 e. The van der Waals surface area contributed by atoms with E-state index in [-0.39, 0.29) is 36.6 Å². The number of nitriles is 1. The molecular formula is C23H21F7N2O. The zero-order chi connectivity index (χ0) is 24.2. The summed E-state index contributed by atoms with van der Waals surface area (Å²) in [6.07, 6.45) is -9.20. The predicted octanol–water partition coefficient (Wildman–Crippen LogP) is 6.01. The minimum atomic E-state index is -4.93. The Balaban J connectivity index is 1.75. The van der Waals surface area contributed by atoms with Crippen LogP contribution < -0.4 is 0 Å². The molecule has 3 rings (SSSR count). The van der Waals surface area contributed by atoms with Gasteiger partial charge in [-0.25, -0.2) is 4.39 Å². The van der Waals surface area contributed by atoms with Gasteiger partial charge in [-0.3, -0.25) is 4.90 Å². The van der Waals surface area contributed by atoms with Crippen molar-refractivity contribution >= 4 is 0 Å². The van der Waals surface area contributed by atoms with Crippen LogP contribution in [0.25, 0.3) is 0 Å². The summed E-state index contributed by atoms with van der Waals surface area (Å²) in [7, 11) is 0. The third kappa shape index (κ3) is 6.68. The third-order valence-electron chi connectivity index (χ3n) is 5.66. The highest BCUT2D eigenvalue weighted by atomic mass is 19.4. The predicted molar refractivity (Wildman–Crippen MR) is 105 cm³/mol. The monoisotopic (exact) mass is 474 g/mol. The maximum atomic E-state index is 13.3. The molecular weight excluding hydrogens is 453 g/mol. The molecule has 1 saturated heterocycles. The lowest BCUT2D eigenvalue weighted by Crippen LogP contribution is -2.41. The molecule has 1 heterocycles. The first-order chi connectivity index (χ1) is 15.5. The highest BCUT2D eigenvalue weighted by Gasteiger charge is 2.37. The average Bonchev–Trinajstić information content (AvgIpc) is 2.73. The molecule has 1 aliphatic heterocycles. The zero-order valence-electron chi connectivity index (χ0n) is 17.4. The van der Waals surface area contributed by atoms with E-state index in [1.807, 2.05) is 4.90 Å². The zero-order valence-corrected chi connectivity index (χ0v) is 17.4. The molecule has 0 amide bonds. The number of rotatable bonds is 6. The van der Waals surface area contributed by atoms with Gasteiger partial charge in [-0.05, 0) is 60.3 Å². The number of halogens is 7. The van der Waals surface area contributed by atoms with Crippen molar-refractivity contribution in [1.29, 1.82) is 5.26 Å². The summed E-state index contributed by atoms with van der Waals surface area (Å²) in [4.78, 5) is 1.90. The van der Waals surface area contributed by atoms with Crippen LogP contribution in [0.5, 0.6) is 0 Å². The van der Waals surface area contributed by atoms with Crippen LogP contribution in [0, 0.1) is 23.1 Å². The SMILES string of the molecule is N#CCN1CCC(c2ccc(F)cc2)[C@H](COCc2cc(C(F)(F)F)cc(C(F)(F)F)c2)C1. The molecule has 0 spiro atoms. The number of alkyl halides is 6. The third-order valence-corrected chi connectivity index (χ3v) is 5.66. The Labute approximate surface area is 186 Å². The van der Waals surface area contributed by atoms with E-state index in [1.54, 1.807) is 12.1 Å². The second kappa shape index (κ2) is 10.1. The van der Waals surface area contributed by atoms with Crippen molar-refractivity contribution in [1.82, 2.24) is 4.90 Å². The Kier molecular flexibility index (Phi) is 7.65. The second-order valence-corrected chi connectivity index (χ2v) is 8.03. The molecule has 178 valence electrons. The normalized spacial score (nSPS) is 19.9. The van der Waals surface area contributed by atoms with E-state index in [0.717, 1.165) is 5.56 Å². The summed E-state index contributed by atoms with van der Waals surface area (Å²) in [5.41, 5.74) is -2.16. The summed E-state index contributed by atoms with van der Waals surface area (Å²) < 4.78 is 97.3. The van der Waals surface area contributed by atoms with Gasteiger partial charge in [0.25, 0.3) is 0 Å². The first-order valence-corrected chi connectivity index (χ1v) is 10.2. The van der Waals surface area contributed by atoms with E-state index in [0.29, 0.717) is 31.6 Å². The van der Waals surface area contributed by atoms with Crippen molar-refractivity contribution in [3.63, 3.8) is 0 Å². The molecule has 3 nitrogen and oxygen atoms in total. The van der Waals surface area contributed by atoms with Crippen LogP contribution in [-0.2, 0) is 23.7 Å². The lowest BCUT2D eigenvalue weighted by molar-refractivity contribution is -0.143. The number of hydrogen-bond acceptors (Lipinski definition) is 3. The van der Waals surface area contributed by atoms with Gasteiger partial charge in [0, 0.05) is 12.5 Å². The van der Waals surface area contributed by atoms with Crippen LogP contribution >= 0.6 is 0 Å². The Morgan fingerprint density at radius 2 is 1.58 bits per heavy atom. The number of likely N-dealkylation sites (tertiary alicyclic amines) is 1. The molecule has 0 N–H and O–H groups in total. The summed E-state index contributed by atoms with van der Waals surface area (Å²) in [6.45, 7) is 0.912. The van der Waals surface area contributed by atoms with Crippen LogP contribution in [0.15, 0.2) is 42.5 Å². The fraction of sp³-hybridized carbons (Fsp3) is 0.435. The van der Waals surface area contributed by atoms with E-state index >= 15 is 0 Å². The summed E-state index contributed by atoms with van der Waals surface area (Å²) in [6, 6.07) is 9.40. The number of hydrogen-bond donors (Lipinski definition) is 0. The molecule has 1 fully saturated rings. The topological polar surface area (TPSA) is 36.3 Å². The lowest BCUT2D eigenvalue weighted by Gasteiger charge is -2.37. The van der Waals surface area contributed by atoms with Gasteiger partial charge < -0.3 is 4.74 Å². The minimum Gasteiger partial charge on any atom is -0.376 e. The molecule has 2 aromatic rings. The molecule has 33 heavy (non-hydrogen) atoms. The van der Waals surface area contributed by atoms with Crippen LogP contribution in [0.4, 0.5) is 30.7 Å². The molecule has 2 atom stereocenters. The molecule has 2 aromatic carbocycles. The number of nitrogens with zero attached hydrogens (tertiary/aromatic N) is 2. The fourth-order valence-corrected chi connectivity index (χ4v) is 4.10. The van der Waals surface area contributed by atoms with E-state index < -0.39 is 35.9 Å². The first-order valence-electron chi connectivity index (χ1n) is 10.2. The minimum absolute atomic E-state index is 0.0483. The molecule has 0 radical (unpaired) electrons. The van der Waals surface area contributed by atoms with Gasteiger partial charge in [-0.1, -0.05) is 12.1 Å². The standard InChI is InChI=1S/C23H21F7N2O/c24-20-3-1-16(2-4-20)21-5-7-32(8-6-31)12-17(21)14-33-13-15-9-18(22(25,26)27)11-19(10-15)23(28,29)30/h1-4,9-11,17,21H,5,7-8,12-14H2/t17-,21?/m0/s1. The Morgan fingerprint density at radius 3 is 2.12 bits per heavy atom. The molecule has 1 aliphatic rings. The van der Waals surface area contributed by atoms with E-state index in [1.165, 1.54) is 12.1 Å². The Bertz CT molecular complexity index is 948. The largest absolute Gasteiger partial charge is 0.416 e. The van der Waals surface area contributed by atoms with Crippen LogP contribution in [0.3, 0.4) is 0 Å². The average molecular weight is 474 g/mol. The first kappa shape index (κ1) is 25.0. The quantitative estimate of drug-likeness (QED) is 0.380. The summed E-state index contributed by atoms with van der Waals surface area (Å²) >= 11 is 0. The van der Waals surface area contributed by atoms with Crippen LogP contribution in [0.1, 0.15) is 34.6 Å². The van der Waals surface area contributed by atoms with Gasteiger partial charge in [0.15, 0.2) is 0 Å². The number of ether oxygens (including phenoxy) is 1. The molecule has 0 aliphatic carbocycles. The van der Waals surface area contributed by atoms with Crippen LogP contribution in [0.2, 0.25) is 0 Å². The van der Waals surface area contributed by atoms with Gasteiger partial charge in [0.2, 0.25) is 0 Å². The number of piperidine rings is 1. The fourth-order valence-electron chi connectivity index (χ4n) is 4.10. The van der Waals surface area contributed by atoms with Crippen molar-refractivity contribution in [2.45, 2.75) is 31.3 Å². The van der Waals surface area contributed by atoms with Crippen molar-refractivity contribution in [2.75, 3.05) is 26.2 Å². The molecule has 0 saturated carbocycles. The highest BCUT2D eigenvalue weighted by molar-refractivity contribution is 5.33. The van der Waals surface area contributed by atoms with Crippen molar-refractivity contribution in [2.24, 2.45) is 5.92 Å². The van der Waals surface area contributed by atoms with Crippen LogP contribution in [-0.4, -0.2) is 31.1 Å². The van der Waals surface area contributed by atoms with E-state index in [9.17, 15) is 30.7 Å². The van der Waals surface area contributed by atoms with Gasteiger partial charge in [0.1, 0.15) is 5.82 Å². The van der Waals surface area contributed by atoms with Crippen molar-refractivity contribution in [3.8, 4) is 6.07 Å². The van der Waals surface area contributed by atoms with Gasteiger partial charge in [-0.15, -0.1) is 0 Å². The molecule has 10 heteroatoms. The highest BCUT2D eigenvalue weighted by Crippen LogP contribution is 2.37. The van der Waals surface area contributed by atoms with Gasteiger partial charge in [0.05, 0.1) is 37.0 Å². The maximum absolute atomic E-state index is 13.3. The Morgan fingerprint density at radius 1 is 0.970 bits per heavy atom. The van der Waals surface area contributed by atoms with E-state index in [2.05, 4.69) is 6.07 Å². The summed E-state index contributed by atoms with van der Waals surface area (Å²) in [5.74, 6) is -0.614. The van der Waals surface area contributed by atoms with E-state index in [4.69, 9.17) is 10.00 Å². The van der Waals surface area contributed by atoms with Gasteiger partial charge >= 0.3 is 12.4 Å². The summed E-state index contributed by atoms with van der Waals surface area (Å²) in [5, 5.41) is 8.98. The van der Waals surface area contributed by atoms with Crippen molar-refractivity contribution in [3.05, 3.63) is 70.5 Å². The number of benzene rings is 2. The lowest BCUT2D eigenvalue weighted by atomic mass is 9.81. The van der Waals surface area contributed by atoms with Crippen molar-refractivity contribution < 1.29 is 35.5 Å². The maximum Gasteiger partial charge on any atom is 0.416 e. The Hall–Kier alpha value is -2.64. The second-order valence-electron chi connectivity index (χ2n) is 8.03.